The minimum absolute atomic E-state index is 0.120. The largest absolute Gasteiger partial charge is 0.380 e. The van der Waals surface area contributed by atoms with E-state index in [0.29, 0.717) is 6.61 Å². The van der Waals surface area contributed by atoms with Gasteiger partial charge in [0.2, 0.25) is 0 Å². The first kappa shape index (κ1) is 17.7. The van der Waals surface area contributed by atoms with Crippen LogP contribution >= 0.6 is 0 Å². The number of nitriles is 1. The van der Waals surface area contributed by atoms with Crippen LogP contribution in [0.4, 0.5) is 0 Å². The normalized spacial score (nSPS) is 25.3. The molecule has 1 aliphatic rings. The molecule has 25 heavy (non-hydrogen) atoms. The second-order valence-corrected chi connectivity index (χ2v) is 8.53. The maximum absolute atomic E-state index is 13.2. The van der Waals surface area contributed by atoms with Crippen molar-refractivity contribution in [3.05, 3.63) is 65.7 Å². The maximum Gasteiger partial charge on any atom is 0.183 e. The van der Waals surface area contributed by atoms with Crippen molar-refractivity contribution >= 4 is 9.84 Å². The number of ether oxygens (including phenoxy) is 1. The molecule has 3 rings (SSSR count). The lowest BCUT2D eigenvalue weighted by Crippen LogP contribution is -2.19. The third-order valence-electron chi connectivity index (χ3n) is 4.85. The van der Waals surface area contributed by atoms with Gasteiger partial charge in [0.1, 0.15) is 5.41 Å². The Labute approximate surface area is 149 Å². The van der Waals surface area contributed by atoms with Crippen LogP contribution in [0.5, 0.6) is 0 Å². The fraction of sp³-hybridized carbons (Fsp3) is 0.350. The Balaban J connectivity index is 2.06. The lowest BCUT2D eigenvalue weighted by molar-refractivity contribution is 0.117. The topological polar surface area (TPSA) is 67.2 Å². The maximum atomic E-state index is 13.2. The number of nitrogens with zero attached hydrogens (tertiary/aromatic N) is 1. The van der Waals surface area contributed by atoms with E-state index in [9.17, 15) is 13.7 Å². The van der Waals surface area contributed by atoms with Crippen LogP contribution in [0.25, 0.3) is 0 Å². The fourth-order valence-electron chi connectivity index (χ4n) is 3.47. The van der Waals surface area contributed by atoms with Gasteiger partial charge in [0.05, 0.1) is 22.8 Å². The van der Waals surface area contributed by atoms with Gasteiger partial charge < -0.3 is 4.74 Å². The Bertz CT molecular complexity index is 885. The number of rotatable bonds is 6. The number of hydrogen-bond acceptors (Lipinski definition) is 4. The zero-order valence-electron chi connectivity index (χ0n) is 14.3. The molecule has 0 N–H and O–H groups in total. The molecule has 3 atom stereocenters. The molecule has 2 aromatic rings. The Morgan fingerprint density at radius 3 is 2.32 bits per heavy atom. The van der Waals surface area contributed by atoms with Crippen LogP contribution < -0.4 is 0 Å². The van der Waals surface area contributed by atoms with Crippen LogP contribution in [0.15, 0.2) is 59.5 Å². The van der Waals surface area contributed by atoms with Gasteiger partial charge in [-0.1, -0.05) is 48.0 Å². The molecule has 0 aliphatic heterocycles. The molecule has 1 aliphatic carbocycles. The Hall–Kier alpha value is -2.16. The molecular weight excluding hydrogens is 334 g/mol. The Kier molecular flexibility index (Phi) is 4.68. The van der Waals surface area contributed by atoms with Crippen molar-refractivity contribution < 1.29 is 13.2 Å². The van der Waals surface area contributed by atoms with E-state index in [-0.39, 0.29) is 17.4 Å². The van der Waals surface area contributed by atoms with Crippen LogP contribution in [0.2, 0.25) is 0 Å². The van der Waals surface area contributed by atoms with Crippen molar-refractivity contribution in [2.75, 3.05) is 13.2 Å². The summed E-state index contributed by atoms with van der Waals surface area (Å²) < 4.78 is 31.9. The monoisotopic (exact) mass is 355 g/mol. The summed E-state index contributed by atoms with van der Waals surface area (Å²) in [5.74, 6) is -0.380. The minimum atomic E-state index is -3.63. The first-order valence-corrected chi connectivity index (χ1v) is 9.86. The van der Waals surface area contributed by atoms with Crippen LogP contribution in [-0.2, 0) is 14.6 Å². The van der Waals surface area contributed by atoms with Gasteiger partial charge in [-0.3, -0.25) is 0 Å². The van der Waals surface area contributed by atoms with Gasteiger partial charge in [-0.2, -0.15) is 5.26 Å². The van der Waals surface area contributed by atoms with Crippen molar-refractivity contribution in [3.8, 4) is 6.07 Å². The molecule has 5 heteroatoms. The minimum Gasteiger partial charge on any atom is -0.380 e. The molecule has 1 saturated carbocycles. The smallest absolute Gasteiger partial charge is 0.183 e. The SMILES string of the molecule is CCOC[C@]1(C#N)[C@H](c2ccc(C)cc2)[C@H]1S(=O)(=O)c1ccccc1. The number of sulfone groups is 1. The van der Waals surface area contributed by atoms with Crippen molar-refractivity contribution in [1.82, 2.24) is 0 Å². The average molecular weight is 355 g/mol. The lowest BCUT2D eigenvalue weighted by Gasteiger charge is -2.09. The summed E-state index contributed by atoms with van der Waals surface area (Å²) in [6.07, 6.45) is 0. The first-order chi connectivity index (χ1) is 12.0. The highest BCUT2D eigenvalue weighted by Crippen LogP contribution is 2.63. The summed E-state index contributed by atoms with van der Waals surface area (Å²) in [5.41, 5.74) is 0.926. The molecule has 0 heterocycles. The van der Waals surface area contributed by atoms with Gasteiger partial charge >= 0.3 is 0 Å². The van der Waals surface area contributed by atoms with E-state index in [4.69, 9.17) is 4.74 Å². The third-order valence-corrected chi connectivity index (χ3v) is 7.14. The van der Waals surface area contributed by atoms with Crippen LogP contribution in [-0.4, -0.2) is 26.9 Å². The predicted octanol–water partition coefficient (Wildman–Crippen LogP) is 3.48. The van der Waals surface area contributed by atoms with Gasteiger partial charge in [0.15, 0.2) is 9.84 Å². The van der Waals surface area contributed by atoms with Gasteiger partial charge in [0.25, 0.3) is 0 Å². The molecule has 4 nitrogen and oxygen atoms in total. The number of hydrogen-bond donors (Lipinski definition) is 0. The molecule has 0 amide bonds. The molecular formula is C20H21NO3S. The summed E-state index contributed by atoms with van der Waals surface area (Å²) in [7, 11) is -3.63. The Morgan fingerprint density at radius 1 is 1.12 bits per heavy atom. The van der Waals surface area contributed by atoms with Gasteiger partial charge in [-0.05, 0) is 31.5 Å². The Morgan fingerprint density at radius 2 is 1.76 bits per heavy atom. The van der Waals surface area contributed by atoms with Gasteiger partial charge in [0, 0.05) is 12.5 Å². The molecule has 130 valence electrons. The van der Waals surface area contributed by atoms with Crippen molar-refractivity contribution in [1.29, 1.82) is 5.26 Å². The van der Waals surface area contributed by atoms with E-state index < -0.39 is 20.5 Å². The van der Waals surface area contributed by atoms with E-state index in [1.165, 1.54) is 0 Å². The van der Waals surface area contributed by atoms with E-state index in [2.05, 4.69) is 6.07 Å². The highest BCUT2D eigenvalue weighted by atomic mass is 32.2. The highest BCUT2D eigenvalue weighted by molar-refractivity contribution is 7.92. The summed E-state index contributed by atoms with van der Waals surface area (Å²) in [5, 5.41) is 9.07. The van der Waals surface area contributed by atoms with E-state index in [1.807, 2.05) is 38.1 Å². The second-order valence-electron chi connectivity index (χ2n) is 6.46. The summed E-state index contributed by atoms with van der Waals surface area (Å²) in [6, 6.07) is 18.3. The highest BCUT2D eigenvalue weighted by Gasteiger charge is 2.72. The molecule has 1 fully saturated rings. The molecule has 0 bridgehead atoms. The van der Waals surface area contributed by atoms with Gasteiger partial charge in [-0.25, -0.2) is 8.42 Å². The lowest BCUT2D eigenvalue weighted by atomic mass is 10.0. The molecule has 0 spiro atoms. The quantitative estimate of drug-likeness (QED) is 0.795. The zero-order chi connectivity index (χ0) is 18.1. The van der Waals surface area contributed by atoms with E-state index in [0.717, 1.165) is 11.1 Å². The second kappa shape index (κ2) is 6.62. The van der Waals surface area contributed by atoms with E-state index in [1.54, 1.807) is 30.3 Å². The third kappa shape index (κ3) is 2.97. The average Bonchev–Trinajstić information content (AvgIpc) is 3.31. The fourth-order valence-corrected chi connectivity index (χ4v) is 5.80. The first-order valence-electron chi connectivity index (χ1n) is 8.32. The molecule has 0 radical (unpaired) electrons. The van der Waals surface area contributed by atoms with Crippen molar-refractivity contribution in [2.45, 2.75) is 29.9 Å². The van der Waals surface area contributed by atoms with Crippen LogP contribution in [0, 0.1) is 23.7 Å². The summed E-state index contributed by atoms with van der Waals surface area (Å²) in [4.78, 5) is 0.255. The summed E-state index contributed by atoms with van der Waals surface area (Å²) >= 11 is 0. The number of benzene rings is 2. The van der Waals surface area contributed by atoms with E-state index >= 15 is 0 Å². The van der Waals surface area contributed by atoms with Crippen LogP contribution in [0.1, 0.15) is 24.0 Å². The predicted molar refractivity (Wildman–Crippen MR) is 95.9 cm³/mol. The molecule has 0 aromatic heterocycles. The zero-order valence-corrected chi connectivity index (χ0v) is 15.2. The van der Waals surface area contributed by atoms with Gasteiger partial charge in [-0.15, -0.1) is 0 Å². The standard InChI is InChI=1S/C20H21NO3S/c1-3-24-14-20(13-21)18(16-11-9-15(2)10-12-16)19(20)25(22,23)17-7-5-4-6-8-17/h4-12,18-19H,3,14H2,1-2H3/t18-,19-,20-/m1/s1. The molecule has 2 aromatic carbocycles. The van der Waals surface area contributed by atoms with Crippen molar-refractivity contribution in [3.63, 3.8) is 0 Å². The van der Waals surface area contributed by atoms with Crippen molar-refractivity contribution in [2.24, 2.45) is 5.41 Å². The van der Waals surface area contributed by atoms with Crippen LogP contribution in [0.3, 0.4) is 0 Å². The molecule has 0 saturated heterocycles. The summed E-state index contributed by atoms with van der Waals surface area (Å²) in [6.45, 7) is 4.39. The number of aryl methyl sites for hydroxylation is 1. The molecule has 0 unspecified atom stereocenters.